The smallest absolute Gasteiger partial charge is 0.338 e. The lowest BCUT2D eigenvalue weighted by Crippen LogP contribution is -2.43. The predicted molar refractivity (Wildman–Crippen MR) is 121 cm³/mol. The topological polar surface area (TPSA) is 122 Å². The summed E-state index contributed by atoms with van der Waals surface area (Å²) in [6.07, 6.45) is 2.47. The van der Waals surface area contributed by atoms with Crippen molar-refractivity contribution in [3.8, 4) is 0 Å². The highest BCUT2D eigenvalue weighted by molar-refractivity contribution is 7.89. The van der Waals surface area contributed by atoms with Crippen molar-refractivity contribution < 1.29 is 27.5 Å². The van der Waals surface area contributed by atoms with Gasteiger partial charge in [-0.1, -0.05) is 35.7 Å². The van der Waals surface area contributed by atoms with E-state index >= 15 is 0 Å². The first kappa shape index (κ1) is 24.7. The first-order valence-electron chi connectivity index (χ1n) is 10.3. The van der Waals surface area contributed by atoms with Crippen LogP contribution in [0.25, 0.3) is 0 Å². The molecule has 1 aliphatic rings. The molecule has 0 aromatic heterocycles. The van der Waals surface area contributed by atoms with Gasteiger partial charge >= 0.3 is 5.97 Å². The van der Waals surface area contributed by atoms with Crippen LogP contribution in [0, 0.1) is 6.92 Å². The van der Waals surface area contributed by atoms with Crippen LogP contribution in [-0.4, -0.2) is 50.2 Å². The second-order valence-electron chi connectivity index (χ2n) is 7.55. The number of esters is 1. The van der Waals surface area contributed by atoms with Crippen molar-refractivity contribution in [2.24, 2.45) is 0 Å². The minimum Gasteiger partial charge on any atom is -0.452 e. The van der Waals surface area contributed by atoms with Gasteiger partial charge < -0.3 is 4.74 Å². The van der Waals surface area contributed by atoms with Crippen molar-refractivity contribution in [2.75, 3.05) is 19.7 Å². The van der Waals surface area contributed by atoms with E-state index < -0.39 is 34.4 Å². The summed E-state index contributed by atoms with van der Waals surface area (Å²) in [5, 5.41) is -0.00585. The van der Waals surface area contributed by atoms with E-state index in [1.165, 1.54) is 16.4 Å². The van der Waals surface area contributed by atoms with Gasteiger partial charge in [-0.25, -0.2) is 13.2 Å². The second-order valence-corrected chi connectivity index (χ2v) is 9.87. The van der Waals surface area contributed by atoms with Gasteiger partial charge in [0.05, 0.1) is 10.6 Å². The number of aryl methyl sites for hydroxylation is 1. The Bertz CT molecular complexity index is 1150. The molecule has 2 aromatic carbocycles. The SMILES string of the molecule is Cc1ccc(C(=O)NNC(=O)COC(=O)c2ccc(Cl)c(S(=O)(=O)N3CCCCC3)c2)cc1. The van der Waals surface area contributed by atoms with Crippen molar-refractivity contribution in [1.29, 1.82) is 0 Å². The summed E-state index contributed by atoms with van der Waals surface area (Å²) in [4.78, 5) is 36.1. The molecule has 11 heteroatoms. The first-order chi connectivity index (χ1) is 15.7. The third-order valence-electron chi connectivity index (χ3n) is 5.06. The fraction of sp³-hybridized carbons (Fsp3) is 0.318. The number of piperidine rings is 1. The summed E-state index contributed by atoms with van der Waals surface area (Å²) < 4.78 is 32.1. The molecular weight excluding hydrogens is 470 g/mol. The van der Waals surface area contributed by atoms with Gasteiger partial charge in [-0.3, -0.25) is 20.4 Å². The molecule has 0 aliphatic carbocycles. The van der Waals surface area contributed by atoms with Gasteiger partial charge in [-0.2, -0.15) is 4.31 Å². The standard InChI is InChI=1S/C22H24ClN3O6S/c1-15-5-7-16(8-6-15)21(28)25-24-20(27)14-32-22(29)17-9-10-18(23)19(13-17)33(30,31)26-11-3-2-4-12-26/h5-10,13H,2-4,11-12,14H2,1H3,(H,24,27)(H,25,28). The highest BCUT2D eigenvalue weighted by Gasteiger charge is 2.29. The van der Waals surface area contributed by atoms with Crippen molar-refractivity contribution in [1.82, 2.24) is 15.2 Å². The van der Waals surface area contributed by atoms with Crippen molar-refractivity contribution >= 4 is 39.4 Å². The molecule has 9 nitrogen and oxygen atoms in total. The van der Waals surface area contributed by atoms with E-state index in [-0.39, 0.29) is 15.5 Å². The molecule has 33 heavy (non-hydrogen) atoms. The number of nitrogens with zero attached hydrogens (tertiary/aromatic N) is 1. The lowest BCUT2D eigenvalue weighted by atomic mass is 10.1. The zero-order chi connectivity index (χ0) is 24.0. The van der Waals surface area contributed by atoms with Gasteiger partial charge in [-0.05, 0) is 50.1 Å². The van der Waals surface area contributed by atoms with E-state index in [0.717, 1.165) is 30.9 Å². The van der Waals surface area contributed by atoms with Crippen LogP contribution in [0.2, 0.25) is 5.02 Å². The van der Waals surface area contributed by atoms with Crippen LogP contribution in [0.5, 0.6) is 0 Å². The van der Waals surface area contributed by atoms with Gasteiger partial charge in [0.25, 0.3) is 11.8 Å². The van der Waals surface area contributed by atoms with Gasteiger partial charge in [0.2, 0.25) is 10.0 Å². The molecule has 176 valence electrons. The van der Waals surface area contributed by atoms with E-state index in [1.54, 1.807) is 24.3 Å². The minimum absolute atomic E-state index is 0.00585. The Morgan fingerprint density at radius 1 is 0.970 bits per heavy atom. The maximum Gasteiger partial charge on any atom is 0.338 e. The van der Waals surface area contributed by atoms with Gasteiger partial charge in [0.1, 0.15) is 4.90 Å². The number of hydrogen-bond donors (Lipinski definition) is 2. The Morgan fingerprint density at radius 3 is 2.27 bits per heavy atom. The van der Waals surface area contributed by atoms with E-state index in [2.05, 4.69) is 10.9 Å². The number of halogens is 1. The molecular formula is C22H24ClN3O6S. The number of hydrazine groups is 1. The highest BCUT2D eigenvalue weighted by Crippen LogP contribution is 2.28. The maximum atomic E-state index is 12.9. The second kappa shape index (κ2) is 10.8. The predicted octanol–water partition coefficient (Wildman–Crippen LogP) is 2.44. The molecule has 0 atom stereocenters. The number of nitrogens with one attached hydrogen (secondary N) is 2. The van der Waals surface area contributed by atoms with Gasteiger partial charge in [-0.15, -0.1) is 0 Å². The van der Waals surface area contributed by atoms with Gasteiger partial charge in [0.15, 0.2) is 6.61 Å². The van der Waals surface area contributed by atoms with Crippen LogP contribution in [0.15, 0.2) is 47.4 Å². The molecule has 2 amide bonds. The largest absolute Gasteiger partial charge is 0.452 e. The quantitative estimate of drug-likeness (QED) is 0.471. The molecule has 0 saturated carbocycles. The summed E-state index contributed by atoms with van der Waals surface area (Å²) in [6.45, 7) is 1.98. The van der Waals surface area contributed by atoms with E-state index in [0.29, 0.717) is 18.7 Å². The van der Waals surface area contributed by atoms with Gasteiger partial charge in [0, 0.05) is 18.7 Å². The molecule has 0 bridgehead atoms. The van der Waals surface area contributed by atoms with E-state index in [1.807, 2.05) is 6.92 Å². The molecule has 0 spiro atoms. The molecule has 1 saturated heterocycles. The number of carbonyl (C=O) groups is 3. The highest BCUT2D eigenvalue weighted by atomic mass is 35.5. The zero-order valence-corrected chi connectivity index (χ0v) is 19.5. The zero-order valence-electron chi connectivity index (χ0n) is 18.0. The molecule has 2 N–H and O–H groups in total. The Hall–Kier alpha value is -2.95. The van der Waals surface area contributed by atoms with Crippen LogP contribution in [0.3, 0.4) is 0 Å². The molecule has 0 unspecified atom stereocenters. The average Bonchev–Trinajstić information content (AvgIpc) is 2.82. The lowest BCUT2D eigenvalue weighted by Gasteiger charge is -2.26. The number of hydrogen-bond acceptors (Lipinski definition) is 6. The molecule has 1 heterocycles. The first-order valence-corrected chi connectivity index (χ1v) is 12.1. The third kappa shape index (κ3) is 6.31. The van der Waals surface area contributed by atoms with Crippen molar-refractivity contribution in [3.05, 3.63) is 64.2 Å². The number of rotatable bonds is 6. The van der Waals surface area contributed by atoms with Crippen LogP contribution < -0.4 is 10.9 Å². The van der Waals surface area contributed by atoms with Crippen LogP contribution in [-0.2, 0) is 19.6 Å². The summed E-state index contributed by atoms with van der Waals surface area (Å²) >= 11 is 6.10. The monoisotopic (exact) mass is 493 g/mol. The number of amides is 2. The summed E-state index contributed by atoms with van der Waals surface area (Å²) in [6, 6.07) is 10.5. The average molecular weight is 494 g/mol. The molecule has 2 aromatic rings. The van der Waals surface area contributed by atoms with Crippen LogP contribution in [0.1, 0.15) is 45.5 Å². The number of carbonyl (C=O) groups excluding carboxylic acids is 3. The molecule has 1 aliphatic heterocycles. The Kier molecular flexibility index (Phi) is 8.06. The maximum absolute atomic E-state index is 12.9. The Balaban J connectivity index is 1.57. The number of ether oxygens (including phenoxy) is 1. The van der Waals surface area contributed by atoms with Crippen molar-refractivity contribution in [2.45, 2.75) is 31.1 Å². The fourth-order valence-electron chi connectivity index (χ4n) is 3.23. The Labute approximate surface area is 197 Å². The van der Waals surface area contributed by atoms with Crippen LogP contribution in [0.4, 0.5) is 0 Å². The van der Waals surface area contributed by atoms with Crippen molar-refractivity contribution in [3.63, 3.8) is 0 Å². The van der Waals surface area contributed by atoms with E-state index in [4.69, 9.17) is 16.3 Å². The molecule has 3 rings (SSSR count). The number of benzene rings is 2. The Morgan fingerprint density at radius 2 is 1.61 bits per heavy atom. The number of sulfonamides is 1. The minimum atomic E-state index is -3.86. The fourth-order valence-corrected chi connectivity index (χ4v) is 5.24. The summed E-state index contributed by atoms with van der Waals surface area (Å²) in [5.41, 5.74) is 5.64. The van der Waals surface area contributed by atoms with Crippen LogP contribution >= 0.6 is 11.6 Å². The molecule has 1 fully saturated rings. The summed E-state index contributed by atoms with van der Waals surface area (Å²) in [7, 11) is -3.86. The van der Waals surface area contributed by atoms with E-state index in [9.17, 15) is 22.8 Å². The third-order valence-corrected chi connectivity index (χ3v) is 7.44. The molecule has 0 radical (unpaired) electrons. The summed E-state index contributed by atoms with van der Waals surface area (Å²) in [5.74, 6) is -2.19. The lowest BCUT2D eigenvalue weighted by molar-refractivity contribution is -0.125. The normalized spacial score (nSPS) is 14.4.